The third kappa shape index (κ3) is 5.07. The van der Waals surface area contributed by atoms with E-state index in [0.29, 0.717) is 26.1 Å². The van der Waals surface area contributed by atoms with E-state index >= 15 is 0 Å². The molecule has 0 aliphatic carbocycles. The second-order valence-electron chi connectivity index (χ2n) is 6.50. The van der Waals surface area contributed by atoms with Crippen LogP contribution in [0, 0.1) is 5.82 Å². The van der Waals surface area contributed by atoms with E-state index in [1.807, 2.05) is 24.3 Å². The Kier molecular flexibility index (Phi) is 6.26. The summed E-state index contributed by atoms with van der Waals surface area (Å²) in [5.74, 6) is 1.25. The van der Waals surface area contributed by atoms with Gasteiger partial charge in [0, 0.05) is 19.6 Å². The van der Waals surface area contributed by atoms with Crippen LogP contribution in [0.15, 0.2) is 55.1 Å². The van der Waals surface area contributed by atoms with Gasteiger partial charge in [-0.05, 0) is 48.2 Å². The number of aliphatic hydroxyl groups excluding tert-OH is 1. The number of halogens is 1. The van der Waals surface area contributed by atoms with Crippen LogP contribution in [0.2, 0.25) is 0 Å². The zero-order valence-electron chi connectivity index (χ0n) is 14.7. The average molecular weight is 357 g/mol. The molecule has 0 saturated carbocycles. The Morgan fingerprint density at radius 2 is 1.77 bits per heavy atom. The van der Waals surface area contributed by atoms with Crippen molar-refractivity contribution in [2.24, 2.45) is 0 Å². The fourth-order valence-corrected chi connectivity index (χ4v) is 3.03. The number of rotatable bonds is 9. The van der Waals surface area contributed by atoms with Crippen LogP contribution in [0.4, 0.5) is 4.39 Å². The molecule has 0 radical (unpaired) electrons. The van der Waals surface area contributed by atoms with Gasteiger partial charge in [0.2, 0.25) is 6.79 Å². The number of fused-ring (bicyclic) bond motifs is 1. The molecule has 26 heavy (non-hydrogen) atoms. The summed E-state index contributed by atoms with van der Waals surface area (Å²) in [4.78, 5) is 2.15. The van der Waals surface area contributed by atoms with Gasteiger partial charge in [0.25, 0.3) is 0 Å². The number of hydrogen-bond acceptors (Lipinski definition) is 4. The van der Waals surface area contributed by atoms with Gasteiger partial charge in [-0.2, -0.15) is 0 Å². The topological polar surface area (TPSA) is 41.9 Å². The SMILES string of the molecule is C=CCC[C@@H](O)CN(Cc1ccc(F)cc1)Cc1ccc2c(c1)OCO2. The van der Waals surface area contributed by atoms with Crippen LogP contribution in [-0.4, -0.2) is 29.4 Å². The molecule has 0 spiro atoms. The maximum absolute atomic E-state index is 13.2. The first-order valence-corrected chi connectivity index (χ1v) is 8.78. The van der Waals surface area contributed by atoms with Gasteiger partial charge >= 0.3 is 0 Å². The molecule has 1 aliphatic heterocycles. The summed E-state index contributed by atoms with van der Waals surface area (Å²) in [6.07, 6.45) is 2.81. The molecule has 2 aromatic carbocycles. The van der Waals surface area contributed by atoms with E-state index in [1.54, 1.807) is 12.1 Å². The highest BCUT2D eigenvalue weighted by atomic mass is 19.1. The van der Waals surface area contributed by atoms with Crippen molar-refractivity contribution in [2.45, 2.75) is 32.0 Å². The van der Waals surface area contributed by atoms with Gasteiger partial charge in [-0.25, -0.2) is 4.39 Å². The summed E-state index contributed by atoms with van der Waals surface area (Å²) in [7, 11) is 0. The van der Waals surface area contributed by atoms with Crippen molar-refractivity contribution in [3.8, 4) is 11.5 Å². The Bertz CT molecular complexity index is 733. The normalized spacial score (nSPS) is 13.8. The van der Waals surface area contributed by atoms with Crippen LogP contribution in [0.1, 0.15) is 24.0 Å². The van der Waals surface area contributed by atoms with Crippen LogP contribution in [0.25, 0.3) is 0 Å². The molecule has 138 valence electrons. The first-order valence-electron chi connectivity index (χ1n) is 8.78. The van der Waals surface area contributed by atoms with Crippen molar-refractivity contribution in [2.75, 3.05) is 13.3 Å². The number of allylic oxidation sites excluding steroid dienone is 1. The Balaban J connectivity index is 1.70. The lowest BCUT2D eigenvalue weighted by molar-refractivity contribution is 0.0983. The molecule has 4 nitrogen and oxygen atoms in total. The summed E-state index contributed by atoms with van der Waals surface area (Å²) < 4.78 is 24.0. The standard InChI is InChI=1S/C21H24FNO3/c1-2-3-4-19(24)14-23(12-16-5-8-18(22)9-6-16)13-17-7-10-20-21(11-17)26-15-25-20/h2,5-11,19,24H,1,3-4,12-15H2/t19-/m1/s1. The maximum Gasteiger partial charge on any atom is 0.231 e. The lowest BCUT2D eigenvalue weighted by Crippen LogP contribution is -2.31. The summed E-state index contributed by atoms with van der Waals surface area (Å²) in [5.41, 5.74) is 2.08. The van der Waals surface area contributed by atoms with E-state index in [4.69, 9.17) is 9.47 Å². The van der Waals surface area contributed by atoms with Gasteiger partial charge in [0.1, 0.15) is 5.82 Å². The van der Waals surface area contributed by atoms with Crippen LogP contribution in [0.3, 0.4) is 0 Å². The van der Waals surface area contributed by atoms with Crippen molar-refractivity contribution in [1.29, 1.82) is 0 Å². The van der Waals surface area contributed by atoms with Crippen LogP contribution in [0.5, 0.6) is 11.5 Å². The van der Waals surface area contributed by atoms with Gasteiger partial charge < -0.3 is 14.6 Å². The lowest BCUT2D eigenvalue weighted by Gasteiger charge is -2.25. The first-order chi connectivity index (χ1) is 12.6. The van der Waals surface area contributed by atoms with E-state index in [9.17, 15) is 9.50 Å². The molecule has 0 unspecified atom stereocenters. The van der Waals surface area contributed by atoms with Gasteiger partial charge in [0.15, 0.2) is 11.5 Å². The number of hydrogen-bond donors (Lipinski definition) is 1. The molecule has 5 heteroatoms. The van der Waals surface area contributed by atoms with Crippen molar-refractivity contribution >= 4 is 0 Å². The Morgan fingerprint density at radius 3 is 2.54 bits per heavy atom. The Hall–Kier alpha value is -2.37. The van der Waals surface area contributed by atoms with Gasteiger partial charge in [-0.15, -0.1) is 6.58 Å². The molecule has 1 aliphatic rings. The molecule has 2 aromatic rings. The smallest absolute Gasteiger partial charge is 0.231 e. The van der Waals surface area contributed by atoms with E-state index in [0.717, 1.165) is 29.0 Å². The van der Waals surface area contributed by atoms with Crippen molar-refractivity contribution in [3.05, 3.63) is 72.1 Å². The Morgan fingerprint density at radius 1 is 1.08 bits per heavy atom. The second-order valence-corrected chi connectivity index (χ2v) is 6.50. The predicted octanol–water partition coefficient (Wildman–Crippen LogP) is 3.88. The molecule has 0 amide bonds. The van der Waals surface area contributed by atoms with E-state index in [1.165, 1.54) is 12.1 Å². The summed E-state index contributed by atoms with van der Waals surface area (Å²) in [5, 5.41) is 10.3. The highest BCUT2D eigenvalue weighted by Gasteiger charge is 2.17. The van der Waals surface area contributed by atoms with Crippen molar-refractivity contribution in [3.63, 3.8) is 0 Å². The molecule has 0 aromatic heterocycles. The minimum Gasteiger partial charge on any atom is -0.454 e. The van der Waals surface area contributed by atoms with Crippen LogP contribution < -0.4 is 9.47 Å². The molecule has 1 N–H and O–H groups in total. The minimum absolute atomic E-state index is 0.248. The molecular weight excluding hydrogens is 333 g/mol. The Labute approximate surface area is 153 Å². The summed E-state index contributed by atoms with van der Waals surface area (Å²) >= 11 is 0. The number of nitrogens with zero attached hydrogens (tertiary/aromatic N) is 1. The van der Waals surface area contributed by atoms with E-state index in [-0.39, 0.29) is 12.6 Å². The summed E-state index contributed by atoms with van der Waals surface area (Å²) in [6, 6.07) is 12.3. The maximum atomic E-state index is 13.2. The molecule has 1 heterocycles. The lowest BCUT2D eigenvalue weighted by atomic mass is 10.1. The average Bonchev–Trinajstić information content (AvgIpc) is 3.09. The van der Waals surface area contributed by atoms with Gasteiger partial charge in [0.05, 0.1) is 6.10 Å². The summed E-state index contributed by atoms with van der Waals surface area (Å²) in [6.45, 7) is 5.76. The number of benzene rings is 2. The van der Waals surface area contributed by atoms with Crippen molar-refractivity contribution < 1.29 is 19.0 Å². The first kappa shape index (κ1) is 18.4. The van der Waals surface area contributed by atoms with Gasteiger partial charge in [-0.1, -0.05) is 24.3 Å². The highest BCUT2D eigenvalue weighted by molar-refractivity contribution is 5.44. The largest absolute Gasteiger partial charge is 0.454 e. The molecule has 3 rings (SSSR count). The molecule has 0 bridgehead atoms. The molecule has 0 saturated heterocycles. The zero-order valence-corrected chi connectivity index (χ0v) is 14.7. The van der Waals surface area contributed by atoms with Gasteiger partial charge in [-0.3, -0.25) is 4.90 Å². The van der Waals surface area contributed by atoms with E-state index in [2.05, 4.69) is 11.5 Å². The highest BCUT2D eigenvalue weighted by Crippen LogP contribution is 2.33. The third-order valence-corrected chi connectivity index (χ3v) is 4.34. The molecule has 0 fully saturated rings. The van der Waals surface area contributed by atoms with Crippen LogP contribution in [-0.2, 0) is 13.1 Å². The van der Waals surface area contributed by atoms with Crippen LogP contribution >= 0.6 is 0 Å². The zero-order chi connectivity index (χ0) is 18.4. The second kappa shape index (κ2) is 8.83. The predicted molar refractivity (Wildman–Crippen MR) is 98.5 cm³/mol. The fraction of sp³-hybridized carbons (Fsp3) is 0.333. The van der Waals surface area contributed by atoms with E-state index < -0.39 is 6.10 Å². The molecule has 1 atom stereocenters. The number of ether oxygens (including phenoxy) is 2. The van der Waals surface area contributed by atoms with Crippen molar-refractivity contribution in [1.82, 2.24) is 4.90 Å². The quantitative estimate of drug-likeness (QED) is 0.692. The minimum atomic E-state index is -0.442. The molecular formula is C21H24FNO3. The third-order valence-electron chi connectivity index (χ3n) is 4.34. The monoisotopic (exact) mass is 357 g/mol. The number of aliphatic hydroxyl groups is 1. The fourth-order valence-electron chi connectivity index (χ4n) is 3.03.